The summed E-state index contributed by atoms with van der Waals surface area (Å²) in [4.78, 5) is 35.9. The SMILES string of the molecule is CCCCCCCC/C=C\CCCCCCCC(=O)C(C[N+](C)(C)C)OP(=O)(O)OC[C@@H](CO)OC(=O)CCCCCCCCCCCCCCC. The van der Waals surface area contributed by atoms with Crippen LogP contribution in [0.25, 0.3) is 0 Å². The summed E-state index contributed by atoms with van der Waals surface area (Å²) in [5.74, 6) is -0.705. The van der Waals surface area contributed by atoms with Crippen LogP contribution in [0.15, 0.2) is 12.2 Å². The van der Waals surface area contributed by atoms with Gasteiger partial charge >= 0.3 is 13.8 Å². The Bertz CT molecular complexity index is 922. The summed E-state index contributed by atoms with van der Waals surface area (Å²) in [5, 5.41) is 9.71. The number of allylic oxidation sites excluding steroid dienone is 2. The minimum atomic E-state index is -4.66. The van der Waals surface area contributed by atoms with E-state index in [9.17, 15) is 24.2 Å². The molecule has 2 N–H and O–H groups in total. The first-order chi connectivity index (χ1) is 24.9. The third-order valence-corrected chi connectivity index (χ3v) is 10.4. The van der Waals surface area contributed by atoms with E-state index >= 15 is 0 Å². The predicted molar refractivity (Wildman–Crippen MR) is 215 cm³/mol. The summed E-state index contributed by atoms with van der Waals surface area (Å²) in [5.41, 5.74) is 0. The van der Waals surface area contributed by atoms with Crippen molar-refractivity contribution in [2.45, 2.75) is 206 Å². The van der Waals surface area contributed by atoms with Gasteiger partial charge in [-0.3, -0.25) is 18.6 Å². The maximum Gasteiger partial charge on any atom is 0.473 e. The molecule has 0 aliphatic heterocycles. The van der Waals surface area contributed by atoms with E-state index in [4.69, 9.17) is 13.8 Å². The summed E-state index contributed by atoms with van der Waals surface area (Å²) in [6.45, 7) is 3.63. The van der Waals surface area contributed by atoms with Crippen molar-refractivity contribution in [3.05, 3.63) is 12.2 Å². The fourth-order valence-corrected chi connectivity index (χ4v) is 7.17. The minimum Gasteiger partial charge on any atom is -0.457 e. The first-order valence-corrected chi connectivity index (χ1v) is 22.9. The number of carbonyl (C=O) groups excluding carboxylic acids is 2. The normalized spacial score (nSPS) is 14.4. The van der Waals surface area contributed by atoms with Crippen molar-refractivity contribution in [2.75, 3.05) is 40.9 Å². The molecule has 0 amide bonds. The Morgan fingerprint density at radius 3 is 1.46 bits per heavy atom. The smallest absolute Gasteiger partial charge is 0.457 e. The Morgan fingerprint density at radius 1 is 0.635 bits per heavy atom. The lowest BCUT2D eigenvalue weighted by Gasteiger charge is -2.29. The number of aliphatic hydroxyl groups excluding tert-OH is 1. The van der Waals surface area contributed by atoms with Crippen molar-refractivity contribution in [1.29, 1.82) is 0 Å². The second kappa shape index (κ2) is 34.4. The van der Waals surface area contributed by atoms with Gasteiger partial charge in [-0.05, 0) is 38.5 Å². The third kappa shape index (κ3) is 34.7. The molecule has 0 aromatic carbocycles. The number of nitrogens with zero attached hydrogens (tertiary/aromatic N) is 1. The molecule has 308 valence electrons. The quantitative estimate of drug-likeness (QED) is 0.0209. The van der Waals surface area contributed by atoms with E-state index in [1.807, 2.05) is 21.1 Å². The minimum absolute atomic E-state index is 0.204. The van der Waals surface area contributed by atoms with Gasteiger partial charge in [-0.2, -0.15) is 0 Å². The standard InChI is InChI=1S/C42H82NO8P/c1-6-8-10-12-14-16-18-20-21-23-24-26-28-30-32-34-40(45)41(36-43(3,4)5)51-52(47,48)49-38-39(37-44)50-42(46)35-33-31-29-27-25-22-19-17-15-13-11-9-7-2/h20-21,39,41,44H,6-19,22-38H2,1-5H3/p+1/b21-20-/t39-,41?/m1/s1. The maximum atomic E-state index is 13.1. The van der Waals surface area contributed by atoms with Gasteiger partial charge in [-0.25, -0.2) is 4.57 Å². The van der Waals surface area contributed by atoms with Crippen molar-refractivity contribution in [3.63, 3.8) is 0 Å². The van der Waals surface area contributed by atoms with Crippen molar-refractivity contribution >= 4 is 19.6 Å². The molecule has 10 heteroatoms. The van der Waals surface area contributed by atoms with Crippen molar-refractivity contribution in [3.8, 4) is 0 Å². The number of phosphoric ester groups is 1. The number of hydrogen-bond donors (Lipinski definition) is 2. The monoisotopic (exact) mass is 761 g/mol. The number of ketones is 1. The Labute approximate surface area is 320 Å². The van der Waals surface area contributed by atoms with E-state index < -0.39 is 39.2 Å². The summed E-state index contributed by atoms with van der Waals surface area (Å²) in [7, 11) is 0.982. The van der Waals surface area contributed by atoms with E-state index in [2.05, 4.69) is 26.0 Å². The summed E-state index contributed by atoms with van der Waals surface area (Å²) < 4.78 is 29.0. The number of ether oxygens (including phenoxy) is 1. The molecular formula is C42H83NO8P+. The lowest BCUT2D eigenvalue weighted by molar-refractivity contribution is -0.872. The van der Waals surface area contributed by atoms with Crippen LogP contribution in [-0.2, 0) is 27.9 Å². The summed E-state index contributed by atoms with van der Waals surface area (Å²) in [6.07, 6.45) is 33.7. The van der Waals surface area contributed by atoms with E-state index in [1.165, 1.54) is 109 Å². The number of likely N-dealkylation sites (N-methyl/N-ethyl adjacent to an activating group) is 1. The van der Waals surface area contributed by atoms with E-state index in [0.29, 0.717) is 17.3 Å². The Hall–Kier alpha value is -1.09. The summed E-state index contributed by atoms with van der Waals surface area (Å²) in [6, 6.07) is 0. The number of phosphoric acid groups is 1. The lowest BCUT2D eigenvalue weighted by Crippen LogP contribution is -2.45. The highest BCUT2D eigenvalue weighted by Crippen LogP contribution is 2.45. The molecule has 0 aliphatic rings. The Morgan fingerprint density at radius 2 is 1.04 bits per heavy atom. The molecule has 9 nitrogen and oxygen atoms in total. The molecule has 0 bridgehead atoms. The molecular weight excluding hydrogens is 677 g/mol. The first kappa shape index (κ1) is 50.9. The summed E-state index contributed by atoms with van der Waals surface area (Å²) >= 11 is 0. The largest absolute Gasteiger partial charge is 0.473 e. The van der Waals surface area contributed by atoms with Gasteiger partial charge in [0.1, 0.15) is 12.6 Å². The molecule has 0 rings (SSSR count). The van der Waals surface area contributed by atoms with Crippen LogP contribution in [0.4, 0.5) is 0 Å². The van der Waals surface area contributed by atoms with Crippen molar-refractivity contribution in [2.24, 2.45) is 0 Å². The van der Waals surface area contributed by atoms with Crippen LogP contribution in [0.1, 0.15) is 194 Å². The number of aliphatic hydroxyl groups is 1. The van der Waals surface area contributed by atoms with Crippen LogP contribution < -0.4 is 0 Å². The average molecular weight is 761 g/mol. The zero-order valence-corrected chi connectivity index (χ0v) is 35.4. The highest BCUT2D eigenvalue weighted by atomic mass is 31.2. The third-order valence-electron chi connectivity index (χ3n) is 9.43. The molecule has 0 fully saturated rings. The fraction of sp³-hybridized carbons (Fsp3) is 0.905. The molecule has 3 atom stereocenters. The van der Waals surface area contributed by atoms with E-state index in [1.54, 1.807) is 0 Å². The van der Waals surface area contributed by atoms with Gasteiger partial charge in [0.2, 0.25) is 0 Å². The average Bonchev–Trinajstić information content (AvgIpc) is 3.09. The van der Waals surface area contributed by atoms with Crippen LogP contribution in [0, 0.1) is 0 Å². The predicted octanol–water partition coefficient (Wildman–Crippen LogP) is 11.2. The van der Waals surface area contributed by atoms with E-state index in [-0.39, 0.29) is 25.2 Å². The maximum absolute atomic E-state index is 13.1. The van der Waals surface area contributed by atoms with Crippen LogP contribution in [0.5, 0.6) is 0 Å². The zero-order chi connectivity index (χ0) is 38.8. The van der Waals surface area contributed by atoms with Crippen LogP contribution >= 0.6 is 7.82 Å². The van der Waals surface area contributed by atoms with Gasteiger partial charge < -0.3 is 19.2 Å². The molecule has 0 aliphatic carbocycles. The number of rotatable bonds is 39. The molecule has 0 saturated heterocycles. The van der Waals surface area contributed by atoms with Crippen molar-refractivity contribution in [1.82, 2.24) is 0 Å². The highest BCUT2D eigenvalue weighted by Gasteiger charge is 2.35. The molecule has 0 radical (unpaired) electrons. The van der Waals surface area contributed by atoms with Crippen LogP contribution in [0.3, 0.4) is 0 Å². The molecule has 0 saturated carbocycles. The number of carbonyl (C=O) groups is 2. The number of hydrogen-bond acceptors (Lipinski definition) is 7. The number of quaternary nitrogens is 1. The molecule has 0 aromatic heterocycles. The number of Topliss-reactive ketones (excluding diaryl/α,β-unsaturated/α-hetero) is 1. The zero-order valence-electron chi connectivity index (χ0n) is 34.5. The molecule has 2 unspecified atom stereocenters. The second-order valence-electron chi connectivity index (χ2n) is 15.9. The highest BCUT2D eigenvalue weighted by molar-refractivity contribution is 7.47. The first-order valence-electron chi connectivity index (χ1n) is 21.4. The number of unbranched alkanes of at least 4 members (excludes halogenated alkanes) is 23. The van der Waals surface area contributed by atoms with E-state index in [0.717, 1.165) is 44.9 Å². The number of esters is 1. The van der Waals surface area contributed by atoms with Gasteiger partial charge in [-0.1, -0.05) is 154 Å². The lowest BCUT2D eigenvalue weighted by atomic mass is 10.0. The molecule has 0 heterocycles. The van der Waals surface area contributed by atoms with Crippen LogP contribution in [0.2, 0.25) is 0 Å². The van der Waals surface area contributed by atoms with Crippen LogP contribution in [-0.4, -0.2) is 79.3 Å². The molecule has 52 heavy (non-hydrogen) atoms. The van der Waals surface area contributed by atoms with Gasteiger partial charge in [0, 0.05) is 12.8 Å². The van der Waals surface area contributed by atoms with Crippen molar-refractivity contribution < 1.29 is 42.4 Å². The fourth-order valence-electron chi connectivity index (χ4n) is 6.25. The second-order valence-corrected chi connectivity index (χ2v) is 17.3. The van der Waals surface area contributed by atoms with Gasteiger partial charge in [0.05, 0.1) is 34.4 Å². The van der Waals surface area contributed by atoms with Gasteiger partial charge in [0.15, 0.2) is 11.9 Å². The Balaban J connectivity index is 4.31. The molecule has 0 spiro atoms. The molecule has 0 aromatic rings. The Kier molecular flexibility index (Phi) is 33.7. The van der Waals surface area contributed by atoms with Gasteiger partial charge in [0.25, 0.3) is 0 Å². The van der Waals surface area contributed by atoms with Gasteiger partial charge in [-0.15, -0.1) is 0 Å². The topological polar surface area (TPSA) is 119 Å².